The van der Waals surface area contributed by atoms with Crippen LogP contribution in [-0.2, 0) is 16.1 Å². The highest BCUT2D eigenvalue weighted by atomic mass is 79.9. The average Bonchev–Trinajstić information content (AvgIpc) is 3.23. The predicted molar refractivity (Wildman–Crippen MR) is 82.8 cm³/mol. The fourth-order valence-electron chi connectivity index (χ4n) is 1.57. The SMILES string of the molecule is O=C(/C=C/c1ccc(Br)o1)OCc1nc(-c2cccs2)no1. The van der Waals surface area contributed by atoms with E-state index in [0.717, 1.165) is 4.88 Å². The number of rotatable bonds is 5. The lowest BCUT2D eigenvalue weighted by atomic mass is 10.4. The number of nitrogens with zero attached hydrogens (tertiary/aromatic N) is 2. The van der Waals surface area contributed by atoms with Crippen molar-refractivity contribution in [3.63, 3.8) is 0 Å². The molecule has 3 heterocycles. The molecule has 0 aliphatic carbocycles. The van der Waals surface area contributed by atoms with Crippen molar-refractivity contribution in [2.24, 2.45) is 0 Å². The standard InChI is InChI=1S/C14H9BrN2O4S/c15-11-5-3-9(20-11)4-6-13(18)19-8-12-16-14(17-21-12)10-2-1-7-22-10/h1-7H,8H2/b6-4+. The highest BCUT2D eigenvalue weighted by Gasteiger charge is 2.10. The van der Waals surface area contributed by atoms with Gasteiger partial charge in [-0.3, -0.25) is 0 Å². The van der Waals surface area contributed by atoms with Crippen molar-refractivity contribution in [3.8, 4) is 10.7 Å². The van der Waals surface area contributed by atoms with E-state index in [-0.39, 0.29) is 12.5 Å². The molecule has 3 aromatic rings. The Balaban J connectivity index is 1.54. The second-order valence-electron chi connectivity index (χ2n) is 4.07. The minimum absolute atomic E-state index is 0.0800. The van der Waals surface area contributed by atoms with Gasteiger partial charge in [0.25, 0.3) is 5.89 Å². The molecule has 22 heavy (non-hydrogen) atoms. The summed E-state index contributed by atoms with van der Waals surface area (Å²) < 4.78 is 15.9. The Kier molecular flexibility index (Phi) is 4.50. The lowest BCUT2D eigenvalue weighted by Gasteiger charge is -1.95. The largest absolute Gasteiger partial charge is 0.452 e. The third-order valence-electron chi connectivity index (χ3n) is 2.53. The second kappa shape index (κ2) is 6.71. The van der Waals surface area contributed by atoms with E-state index >= 15 is 0 Å². The third kappa shape index (κ3) is 3.71. The summed E-state index contributed by atoms with van der Waals surface area (Å²) in [6.45, 7) is -0.0800. The van der Waals surface area contributed by atoms with Gasteiger partial charge in [-0.2, -0.15) is 4.98 Å². The molecule has 0 bridgehead atoms. The van der Waals surface area contributed by atoms with Gasteiger partial charge in [0, 0.05) is 6.08 Å². The van der Waals surface area contributed by atoms with E-state index in [1.165, 1.54) is 23.5 Å². The highest BCUT2D eigenvalue weighted by molar-refractivity contribution is 9.10. The van der Waals surface area contributed by atoms with E-state index in [1.54, 1.807) is 12.1 Å². The molecule has 0 N–H and O–H groups in total. The molecule has 0 radical (unpaired) electrons. The third-order valence-corrected chi connectivity index (χ3v) is 3.82. The Morgan fingerprint density at radius 1 is 1.41 bits per heavy atom. The molecular weight excluding hydrogens is 372 g/mol. The van der Waals surface area contributed by atoms with Crippen LogP contribution in [0.4, 0.5) is 0 Å². The number of aromatic nitrogens is 2. The summed E-state index contributed by atoms with van der Waals surface area (Å²) in [6.07, 6.45) is 2.78. The highest BCUT2D eigenvalue weighted by Crippen LogP contribution is 2.21. The molecule has 0 aliphatic rings. The van der Waals surface area contributed by atoms with Gasteiger partial charge in [-0.1, -0.05) is 11.2 Å². The zero-order valence-electron chi connectivity index (χ0n) is 11.1. The number of carbonyl (C=O) groups excluding carboxylic acids is 1. The maximum atomic E-state index is 11.6. The van der Waals surface area contributed by atoms with Crippen molar-refractivity contribution in [3.05, 3.63) is 52.0 Å². The van der Waals surface area contributed by atoms with Gasteiger partial charge < -0.3 is 13.7 Å². The van der Waals surface area contributed by atoms with Gasteiger partial charge in [0.05, 0.1) is 4.88 Å². The molecule has 0 atom stereocenters. The van der Waals surface area contributed by atoms with Crippen LogP contribution in [0.5, 0.6) is 0 Å². The maximum Gasteiger partial charge on any atom is 0.331 e. The van der Waals surface area contributed by atoms with Gasteiger partial charge in [-0.05, 0) is 45.6 Å². The van der Waals surface area contributed by atoms with Crippen LogP contribution in [0.2, 0.25) is 0 Å². The maximum absolute atomic E-state index is 11.6. The molecule has 0 unspecified atom stereocenters. The smallest absolute Gasteiger partial charge is 0.331 e. The molecule has 0 fully saturated rings. The Morgan fingerprint density at radius 2 is 2.32 bits per heavy atom. The van der Waals surface area contributed by atoms with E-state index < -0.39 is 5.97 Å². The van der Waals surface area contributed by atoms with Crippen LogP contribution in [-0.4, -0.2) is 16.1 Å². The number of furan rings is 1. The first kappa shape index (κ1) is 14.7. The average molecular weight is 381 g/mol. The van der Waals surface area contributed by atoms with Crippen LogP contribution >= 0.6 is 27.3 Å². The Labute approximate surface area is 137 Å². The Morgan fingerprint density at radius 3 is 3.05 bits per heavy atom. The fourth-order valence-corrected chi connectivity index (χ4v) is 2.54. The van der Waals surface area contributed by atoms with Gasteiger partial charge >= 0.3 is 5.97 Å². The monoisotopic (exact) mass is 380 g/mol. The van der Waals surface area contributed by atoms with Gasteiger partial charge in [-0.15, -0.1) is 11.3 Å². The zero-order chi connectivity index (χ0) is 15.4. The van der Waals surface area contributed by atoms with Crippen LogP contribution in [0.3, 0.4) is 0 Å². The molecule has 3 aromatic heterocycles. The van der Waals surface area contributed by atoms with Crippen LogP contribution in [0, 0.1) is 0 Å². The van der Waals surface area contributed by atoms with Crippen LogP contribution in [0.25, 0.3) is 16.8 Å². The quantitative estimate of drug-likeness (QED) is 0.493. The summed E-state index contributed by atoms with van der Waals surface area (Å²) in [5.41, 5.74) is 0. The van der Waals surface area contributed by atoms with E-state index in [1.807, 2.05) is 17.5 Å². The molecule has 0 aliphatic heterocycles. The molecule has 0 saturated heterocycles. The molecule has 8 heteroatoms. The van der Waals surface area contributed by atoms with Crippen molar-refractivity contribution in [1.29, 1.82) is 0 Å². The molecule has 0 spiro atoms. The lowest BCUT2D eigenvalue weighted by molar-refractivity contribution is -0.139. The second-order valence-corrected chi connectivity index (χ2v) is 5.80. The zero-order valence-corrected chi connectivity index (χ0v) is 13.5. The first-order chi connectivity index (χ1) is 10.7. The van der Waals surface area contributed by atoms with E-state index in [2.05, 4.69) is 26.1 Å². The van der Waals surface area contributed by atoms with Crippen LogP contribution < -0.4 is 0 Å². The molecule has 112 valence electrons. The first-order valence-corrected chi connectivity index (χ1v) is 7.84. The number of hydrogen-bond donors (Lipinski definition) is 0. The number of carbonyl (C=O) groups is 1. The number of halogens is 1. The van der Waals surface area contributed by atoms with E-state index in [9.17, 15) is 4.79 Å². The summed E-state index contributed by atoms with van der Waals surface area (Å²) in [7, 11) is 0. The lowest BCUT2D eigenvalue weighted by Crippen LogP contribution is -2.00. The molecule has 3 rings (SSSR count). The Hall–Kier alpha value is -2.19. The minimum atomic E-state index is -0.525. The molecule has 0 amide bonds. The fraction of sp³-hybridized carbons (Fsp3) is 0.0714. The molecule has 0 aromatic carbocycles. The van der Waals surface area contributed by atoms with Gasteiger partial charge in [-0.25, -0.2) is 4.79 Å². The first-order valence-electron chi connectivity index (χ1n) is 6.17. The van der Waals surface area contributed by atoms with Gasteiger partial charge in [0.15, 0.2) is 11.3 Å². The summed E-state index contributed by atoms with van der Waals surface area (Å²) in [6, 6.07) is 7.23. The molecular formula is C14H9BrN2O4S. The Bertz CT molecular complexity index is 791. The molecule has 0 saturated carbocycles. The van der Waals surface area contributed by atoms with Gasteiger partial charge in [0.1, 0.15) is 5.76 Å². The number of esters is 1. The topological polar surface area (TPSA) is 78.4 Å². The van der Waals surface area contributed by atoms with Crippen molar-refractivity contribution >= 4 is 39.3 Å². The van der Waals surface area contributed by atoms with Crippen molar-refractivity contribution in [1.82, 2.24) is 10.1 Å². The van der Waals surface area contributed by atoms with Gasteiger partial charge in [0.2, 0.25) is 5.82 Å². The number of hydrogen-bond acceptors (Lipinski definition) is 7. The summed E-state index contributed by atoms with van der Waals surface area (Å²) in [5.74, 6) is 0.743. The molecule has 6 nitrogen and oxygen atoms in total. The summed E-state index contributed by atoms with van der Waals surface area (Å²) in [5, 5.41) is 5.75. The van der Waals surface area contributed by atoms with E-state index in [0.29, 0.717) is 16.3 Å². The van der Waals surface area contributed by atoms with Crippen LogP contribution in [0.15, 0.2) is 49.3 Å². The summed E-state index contributed by atoms with van der Waals surface area (Å²) in [4.78, 5) is 16.6. The van der Waals surface area contributed by atoms with E-state index in [4.69, 9.17) is 13.7 Å². The minimum Gasteiger partial charge on any atom is -0.452 e. The van der Waals surface area contributed by atoms with Crippen molar-refractivity contribution in [2.45, 2.75) is 6.61 Å². The van der Waals surface area contributed by atoms with Crippen molar-refractivity contribution < 1.29 is 18.5 Å². The normalized spacial score (nSPS) is 11.1. The predicted octanol–water partition coefficient (Wildman–Crippen LogP) is 3.91. The van der Waals surface area contributed by atoms with Crippen molar-refractivity contribution in [2.75, 3.05) is 0 Å². The van der Waals surface area contributed by atoms with Crippen LogP contribution in [0.1, 0.15) is 11.7 Å². The number of ether oxygens (including phenoxy) is 1. The number of thiophene rings is 1. The summed E-state index contributed by atoms with van der Waals surface area (Å²) >= 11 is 4.68.